The normalized spacial score (nSPS) is 30.5. The Balaban J connectivity index is 1.72. The smallest absolute Gasteiger partial charge is 0.0708 e. The molecule has 0 aromatic rings. The Morgan fingerprint density at radius 1 is 1.17 bits per heavy atom. The lowest BCUT2D eigenvalue weighted by Gasteiger charge is -2.33. The highest BCUT2D eigenvalue weighted by Crippen LogP contribution is 2.41. The lowest BCUT2D eigenvalue weighted by Crippen LogP contribution is -2.39. The minimum absolute atomic E-state index is 0.282. The fraction of sp³-hybridized carbons (Fsp3) is 1.00. The standard InChI is InChI=1S/C16H31NO/c1-4-13(2)14(3)17-12-15-8-11-16(18-15)9-6-5-7-10-16/h13-15,17H,4-12H2,1-3H3. The summed E-state index contributed by atoms with van der Waals surface area (Å²) in [4.78, 5) is 0. The van der Waals surface area contributed by atoms with Crippen LogP contribution >= 0.6 is 0 Å². The van der Waals surface area contributed by atoms with Gasteiger partial charge in [0, 0.05) is 12.6 Å². The van der Waals surface area contributed by atoms with Crippen molar-refractivity contribution in [1.29, 1.82) is 0 Å². The topological polar surface area (TPSA) is 21.3 Å². The number of hydrogen-bond acceptors (Lipinski definition) is 2. The van der Waals surface area contributed by atoms with E-state index in [0.29, 0.717) is 12.1 Å². The van der Waals surface area contributed by atoms with Gasteiger partial charge in [-0.25, -0.2) is 0 Å². The van der Waals surface area contributed by atoms with Crippen LogP contribution in [0.1, 0.15) is 72.1 Å². The van der Waals surface area contributed by atoms with Gasteiger partial charge in [0.1, 0.15) is 0 Å². The Hall–Kier alpha value is -0.0800. The van der Waals surface area contributed by atoms with Crippen molar-refractivity contribution in [1.82, 2.24) is 5.32 Å². The summed E-state index contributed by atoms with van der Waals surface area (Å²) in [6, 6.07) is 0.613. The molecule has 1 saturated heterocycles. The van der Waals surface area contributed by atoms with Gasteiger partial charge in [-0.2, -0.15) is 0 Å². The molecule has 3 atom stereocenters. The molecule has 0 aromatic heterocycles. The second kappa shape index (κ2) is 6.38. The van der Waals surface area contributed by atoms with Crippen LogP contribution in [0.25, 0.3) is 0 Å². The maximum absolute atomic E-state index is 6.39. The highest BCUT2D eigenvalue weighted by atomic mass is 16.5. The van der Waals surface area contributed by atoms with Crippen LogP contribution in [0.15, 0.2) is 0 Å². The zero-order chi connectivity index (χ0) is 13.0. The van der Waals surface area contributed by atoms with E-state index in [0.717, 1.165) is 12.5 Å². The molecule has 2 fully saturated rings. The van der Waals surface area contributed by atoms with E-state index in [-0.39, 0.29) is 5.60 Å². The third-order valence-electron chi connectivity index (χ3n) is 5.27. The van der Waals surface area contributed by atoms with E-state index < -0.39 is 0 Å². The van der Waals surface area contributed by atoms with E-state index in [9.17, 15) is 0 Å². The monoisotopic (exact) mass is 253 g/mol. The van der Waals surface area contributed by atoms with Gasteiger partial charge in [0.2, 0.25) is 0 Å². The summed E-state index contributed by atoms with van der Waals surface area (Å²) in [6.45, 7) is 7.95. The number of ether oxygens (including phenoxy) is 1. The Labute approximate surface area is 113 Å². The van der Waals surface area contributed by atoms with E-state index in [1.54, 1.807) is 0 Å². The van der Waals surface area contributed by atoms with Crippen LogP contribution in [0.5, 0.6) is 0 Å². The van der Waals surface area contributed by atoms with Crippen molar-refractivity contribution < 1.29 is 4.74 Å². The summed E-state index contributed by atoms with van der Waals surface area (Å²) in [5.74, 6) is 0.759. The van der Waals surface area contributed by atoms with Gasteiger partial charge in [-0.1, -0.05) is 39.5 Å². The van der Waals surface area contributed by atoms with Gasteiger partial charge in [0.15, 0.2) is 0 Å². The Bertz CT molecular complexity index is 247. The number of hydrogen-bond donors (Lipinski definition) is 1. The van der Waals surface area contributed by atoms with Crippen molar-refractivity contribution in [3.05, 3.63) is 0 Å². The lowest BCUT2D eigenvalue weighted by molar-refractivity contribution is -0.0631. The van der Waals surface area contributed by atoms with Gasteiger partial charge in [0.25, 0.3) is 0 Å². The second-order valence-electron chi connectivity index (χ2n) is 6.60. The molecule has 0 bridgehead atoms. The van der Waals surface area contributed by atoms with Gasteiger partial charge in [-0.15, -0.1) is 0 Å². The highest BCUT2D eigenvalue weighted by Gasteiger charge is 2.40. The second-order valence-corrected chi connectivity index (χ2v) is 6.60. The molecule has 2 heteroatoms. The van der Waals surface area contributed by atoms with E-state index in [2.05, 4.69) is 26.1 Å². The maximum atomic E-state index is 6.39. The minimum Gasteiger partial charge on any atom is -0.370 e. The van der Waals surface area contributed by atoms with Crippen molar-refractivity contribution in [3.63, 3.8) is 0 Å². The summed E-state index contributed by atoms with van der Waals surface area (Å²) < 4.78 is 6.39. The Kier molecular flexibility index (Phi) is 5.08. The van der Waals surface area contributed by atoms with Crippen molar-refractivity contribution in [2.75, 3.05) is 6.54 Å². The molecule has 1 N–H and O–H groups in total. The molecule has 2 nitrogen and oxygen atoms in total. The van der Waals surface area contributed by atoms with Crippen LogP contribution in [-0.4, -0.2) is 24.3 Å². The molecular formula is C16H31NO. The van der Waals surface area contributed by atoms with Gasteiger partial charge < -0.3 is 10.1 Å². The molecular weight excluding hydrogens is 222 g/mol. The van der Waals surface area contributed by atoms with E-state index in [1.807, 2.05) is 0 Å². The fourth-order valence-electron chi connectivity index (χ4n) is 3.48. The molecule has 1 saturated carbocycles. The van der Waals surface area contributed by atoms with Crippen molar-refractivity contribution in [2.24, 2.45) is 5.92 Å². The van der Waals surface area contributed by atoms with E-state index in [1.165, 1.54) is 51.4 Å². The predicted octanol–water partition coefficient (Wildman–Crippen LogP) is 3.89. The van der Waals surface area contributed by atoms with Crippen molar-refractivity contribution in [2.45, 2.75) is 89.9 Å². The number of rotatable bonds is 5. The molecule has 1 heterocycles. The Morgan fingerprint density at radius 2 is 1.89 bits per heavy atom. The van der Waals surface area contributed by atoms with Crippen LogP contribution in [0.3, 0.4) is 0 Å². The van der Waals surface area contributed by atoms with Crippen LogP contribution in [-0.2, 0) is 4.74 Å². The Morgan fingerprint density at radius 3 is 2.56 bits per heavy atom. The molecule has 1 spiro atoms. The SMILES string of the molecule is CCC(C)C(C)NCC1CCC2(CCCCC2)O1. The molecule has 2 aliphatic rings. The van der Waals surface area contributed by atoms with Crippen molar-refractivity contribution >= 4 is 0 Å². The van der Waals surface area contributed by atoms with Gasteiger partial charge in [-0.05, 0) is 38.5 Å². The molecule has 1 aliphatic heterocycles. The highest BCUT2D eigenvalue weighted by molar-refractivity contribution is 4.92. The molecule has 2 rings (SSSR count). The van der Waals surface area contributed by atoms with Crippen molar-refractivity contribution in [3.8, 4) is 0 Å². The molecule has 106 valence electrons. The maximum Gasteiger partial charge on any atom is 0.0708 e. The van der Waals surface area contributed by atoms with Gasteiger partial charge in [0.05, 0.1) is 11.7 Å². The zero-order valence-corrected chi connectivity index (χ0v) is 12.5. The first-order valence-corrected chi connectivity index (χ1v) is 8.06. The summed E-state index contributed by atoms with van der Waals surface area (Å²) in [6.07, 6.45) is 11.1. The first kappa shape index (κ1) is 14.3. The first-order chi connectivity index (χ1) is 8.65. The van der Waals surface area contributed by atoms with Crippen LogP contribution < -0.4 is 5.32 Å². The first-order valence-electron chi connectivity index (χ1n) is 8.06. The van der Waals surface area contributed by atoms with Crippen LogP contribution in [0.4, 0.5) is 0 Å². The molecule has 3 unspecified atom stereocenters. The summed E-state index contributed by atoms with van der Waals surface area (Å²) in [5.41, 5.74) is 0.282. The molecule has 18 heavy (non-hydrogen) atoms. The summed E-state index contributed by atoms with van der Waals surface area (Å²) >= 11 is 0. The van der Waals surface area contributed by atoms with E-state index in [4.69, 9.17) is 4.74 Å². The molecule has 0 aromatic carbocycles. The fourth-order valence-corrected chi connectivity index (χ4v) is 3.48. The predicted molar refractivity (Wildman–Crippen MR) is 76.8 cm³/mol. The van der Waals surface area contributed by atoms with Crippen LogP contribution in [0, 0.1) is 5.92 Å². The molecule has 1 aliphatic carbocycles. The zero-order valence-electron chi connectivity index (χ0n) is 12.5. The quantitative estimate of drug-likeness (QED) is 0.802. The largest absolute Gasteiger partial charge is 0.370 e. The number of nitrogens with one attached hydrogen (secondary N) is 1. The minimum atomic E-state index is 0.282. The van der Waals surface area contributed by atoms with E-state index >= 15 is 0 Å². The molecule has 0 radical (unpaired) electrons. The summed E-state index contributed by atoms with van der Waals surface area (Å²) in [7, 11) is 0. The van der Waals surface area contributed by atoms with Crippen LogP contribution in [0.2, 0.25) is 0 Å². The van der Waals surface area contributed by atoms with Gasteiger partial charge in [-0.3, -0.25) is 0 Å². The summed E-state index contributed by atoms with van der Waals surface area (Å²) in [5, 5.41) is 3.67. The average molecular weight is 253 g/mol. The third kappa shape index (κ3) is 3.48. The third-order valence-corrected chi connectivity index (χ3v) is 5.27. The molecule has 0 amide bonds. The van der Waals surface area contributed by atoms with Gasteiger partial charge >= 0.3 is 0 Å². The average Bonchev–Trinajstić information content (AvgIpc) is 2.79. The lowest BCUT2D eigenvalue weighted by atomic mass is 9.83.